The van der Waals surface area contributed by atoms with Crippen LogP contribution >= 0.6 is 11.3 Å². The normalized spacial score (nSPS) is 10.5. The van der Waals surface area contributed by atoms with Crippen molar-refractivity contribution in [3.05, 3.63) is 59.0 Å². The first-order valence-corrected chi connectivity index (χ1v) is 7.58. The minimum Gasteiger partial charge on any atom is -0.306 e. The summed E-state index contributed by atoms with van der Waals surface area (Å²) in [5.41, 5.74) is 2.52. The molecule has 22 heavy (non-hydrogen) atoms. The first-order valence-electron chi connectivity index (χ1n) is 6.76. The van der Waals surface area contributed by atoms with Crippen LogP contribution in [-0.2, 0) is 0 Å². The summed E-state index contributed by atoms with van der Waals surface area (Å²) in [6, 6.07) is 9.27. The van der Waals surface area contributed by atoms with Crippen LogP contribution in [0.2, 0.25) is 0 Å². The number of hydrogen-bond acceptors (Lipinski definition) is 5. The van der Waals surface area contributed by atoms with Gasteiger partial charge in [-0.2, -0.15) is 0 Å². The standard InChI is InChI=1S/C16H14N4OS/c1-10-4-3-5-13(18-10)20-15(21)14-11(2)19-16(22-14)12-6-8-17-9-7-12/h3-9H,1-2H3,(H,18,20,21). The van der Waals surface area contributed by atoms with Gasteiger partial charge in [0.15, 0.2) is 0 Å². The van der Waals surface area contributed by atoms with Gasteiger partial charge < -0.3 is 5.32 Å². The Labute approximate surface area is 132 Å². The molecule has 3 aromatic heterocycles. The number of pyridine rings is 2. The van der Waals surface area contributed by atoms with Gasteiger partial charge in [-0.1, -0.05) is 6.07 Å². The zero-order valence-electron chi connectivity index (χ0n) is 12.2. The van der Waals surface area contributed by atoms with Crippen LogP contribution in [-0.4, -0.2) is 20.9 Å². The number of rotatable bonds is 3. The maximum Gasteiger partial charge on any atom is 0.268 e. The van der Waals surface area contributed by atoms with E-state index in [9.17, 15) is 4.79 Å². The fourth-order valence-electron chi connectivity index (χ4n) is 2.01. The van der Waals surface area contributed by atoms with E-state index < -0.39 is 0 Å². The molecule has 3 rings (SSSR count). The lowest BCUT2D eigenvalue weighted by Crippen LogP contribution is -2.12. The minimum atomic E-state index is -0.187. The third-order valence-electron chi connectivity index (χ3n) is 3.06. The molecule has 0 radical (unpaired) electrons. The van der Waals surface area contributed by atoms with Gasteiger partial charge in [-0.25, -0.2) is 9.97 Å². The highest BCUT2D eigenvalue weighted by molar-refractivity contribution is 7.17. The Balaban J connectivity index is 1.86. The summed E-state index contributed by atoms with van der Waals surface area (Å²) in [5, 5.41) is 3.62. The van der Waals surface area contributed by atoms with E-state index in [1.54, 1.807) is 18.5 Å². The van der Waals surface area contributed by atoms with Gasteiger partial charge in [0.05, 0.1) is 5.69 Å². The Bertz CT molecular complexity index is 814. The third-order valence-corrected chi connectivity index (χ3v) is 4.27. The number of aromatic nitrogens is 3. The fraction of sp³-hybridized carbons (Fsp3) is 0.125. The van der Waals surface area contributed by atoms with Crippen molar-refractivity contribution in [2.45, 2.75) is 13.8 Å². The fourth-order valence-corrected chi connectivity index (χ4v) is 2.98. The Morgan fingerprint density at radius 2 is 1.86 bits per heavy atom. The number of nitrogens with one attached hydrogen (secondary N) is 1. The summed E-state index contributed by atoms with van der Waals surface area (Å²) in [6.07, 6.45) is 3.42. The predicted octanol–water partition coefficient (Wildman–Crippen LogP) is 3.47. The number of carbonyl (C=O) groups excluding carboxylic acids is 1. The number of hydrogen-bond donors (Lipinski definition) is 1. The Kier molecular flexibility index (Phi) is 3.93. The quantitative estimate of drug-likeness (QED) is 0.804. The molecule has 0 spiro atoms. The van der Waals surface area contributed by atoms with Crippen LogP contribution in [0.3, 0.4) is 0 Å². The molecule has 0 aliphatic carbocycles. The second kappa shape index (κ2) is 6.03. The molecule has 0 aliphatic rings. The third kappa shape index (κ3) is 3.01. The lowest BCUT2D eigenvalue weighted by atomic mass is 10.3. The lowest BCUT2D eigenvalue weighted by Gasteiger charge is -2.03. The van der Waals surface area contributed by atoms with Crippen LogP contribution in [0.15, 0.2) is 42.7 Å². The molecular weight excluding hydrogens is 296 g/mol. The molecule has 0 saturated carbocycles. The highest BCUT2D eigenvalue weighted by Crippen LogP contribution is 2.27. The van der Waals surface area contributed by atoms with E-state index in [1.807, 2.05) is 38.1 Å². The average Bonchev–Trinajstić information content (AvgIpc) is 2.90. The number of aryl methyl sites for hydroxylation is 2. The SMILES string of the molecule is Cc1cccc(NC(=O)c2sc(-c3ccncc3)nc2C)n1. The van der Waals surface area contributed by atoms with Crippen LogP contribution in [0, 0.1) is 13.8 Å². The van der Waals surface area contributed by atoms with E-state index in [0.717, 1.165) is 16.3 Å². The molecule has 3 aromatic rings. The van der Waals surface area contributed by atoms with Crippen LogP contribution in [0.1, 0.15) is 21.1 Å². The Morgan fingerprint density at radius 1 is 1.09 bits per heavy atom. The molecule has 0 saturated heterocycles. The van der Waals surface area contributed by atoms with Crippen molar-refractivity contribution in [2.24, 2.45) is 0 Å². The second-order valence-electron chi connectivity index (χ2n) is 4.79. The van der Waals surface area contributed by atoms with E-state index in [-0.39, 0.29) is 5.91 Å². The largest absolute Gasteiger partial charge is 0.306 e. The molecule has 1 N–H and O–H groups in total. The van der Waals surface area contributed by atoms with Gasteiger partial charge in [0, 0.05) is 23.7 Å². The van der Waals surface area contributed by atoms with Crippen molar-refractivity contribution in [3.8, 4) is 10.6 Å². The lowest BCUT2D eigenvalue weighted by molar-refractivity contribution is 0.102. The van der Waals surface area contributed by atoms with Crippen LogP contribution in [0.25, 0.3) is 10.6 Å². The summed E-state index contributed by atoms with van der Waals surface area (Å²) in [5.74, 6) is 0.358. The molecule has 0 aromatic carbocycles. The van der Waals surface area contributed by atoms with E-state index in [0.29, 0.717) is 16.4 Å². The smallest absolute Gasteiger partial charge is 0.268 e. The van der Waals surface area contributed by atoms with Crippen LogP contribution < -0.4 is 5.32 Å². The van der Waals surface area contributed by atoms with Crippen molar-refractivity contribution in [1.29, 1.82) is 0 Å². The van der Waals surface area contributed by atoms with Crippen molar-refractivity contribution in [3.63, 3.8) is 0 Å². The molecule has 110 valence electrons. The topological polar surface area (TPSA) is 67.8 Å². The van der Waals surface area contributed by atoms with E-state index in [2.05, 4.69) is 20.3 Å². The molecule has 0 fully saturated rings. The van der Waals surface area contributed by atoms with Gasteiger partial charge in [-0.15, -0.1) is 11.3 Å². The first-order chi connectivity index (χ1) is 10.6. The maximum atomic E-state index is 12.4. The summed E-state index contributed by atoms with van der Waals surface area (Å²) >= 11 is 1.37. The molecule has 6 heteroatoms. The Morgan fingerprint density at radius 3 is 2.59 bits per heavy atom. The summed E-state index contributed by atoms with van der Waals surface area (Å²) in [7, 11) is 0. The highest BCUT2D eigenvalue weighted by Gasteiger charge is 2.16. The van der Waals surface area contributed by atoms with Crippen molar-refractivity contribution in [2.75, 3.05) is 5.32 Å². The molecule has 0 bridgehead atoms. The van der Waals surface area contributed by atoms with Gasteiger partial charge in [0.2, 0.25) is 0 Å². The minimum absolute atomic E-state index is 0.187. The molecule has 3 heterocycles. The summed E-state index contributed by atoms with van der Waals surface area (Å²) < 4.78 is 0. The molecule has 5 nitrogen and oxygen atoms in total. The van der Waals surface area contributed by atoms with Crippen molar-refractivity contribution in [1.82, 2.24) is 15.0 Å². The first kappa shape index (κ1) is 14.3. The van der Waals surface area contributed by atoms with Crippen molar-refractivity contribution >= 4 is 23.1 Å². The van der Waals surface area contributed by atoms with E-state index >= 15 is 0 Å². The number of amides is 1. The molecule has 1 amide bonds. The van der Waals surface area contributed by atoms with E-state index in [4.69, 9.17) is 0 Å². The monoisotopic (exact) mass is 310 g/mol. The molecule has 0 aliphatic heterocycles. The van der Waals surface area contributed by atoms with Gasteiger partial charge in [0.25, 0.3) is 5.91 Å². The number of anilines is 1. The zero-order chi connectivity index (χ0) is 15.5. The average molecular weight is 310 g/mol. The van der Waals surface area contributed by atoms with Gasteiger partial charge in [-0.3, -0.25) is 9.78 Å². The van der Waals surface area contributed by atoms with Crippen LogP contribution in [0.5, 0.6) is 0 Å². The summed E-state index contributed by atoms with van der Waals surface area (Å²) in [4.78, 5) is 25.7. The van der Waals surface area contributed by atoms with Crippen LogP contribution in [0.4, 0.5) is 5.82 Å². The molecule has 0 unspecified atom stereocenters. The zero-order valence-corrected chi connectivity index (χ0v) is 13.0. The van der Waals surface area contributed by atoms with Crippen molar-refractivity contribution < 1.29 is 4.79 Å². The second-order valence-corrected chi connectivity index (χ2v) is 5.79. The Hall–Kier alpha value is -2.60. The van der Waals surface area contributed by atoms with E-state index in [1.165, 1.54) is 11.3 Å². The van der Waals surface area contributed by atoms with Gasteiger partial charge in [-0.05, 0) is 38.1 Å². The predicted molar refractivity (Wildman–Crippen MR) is 87.0 cm³/mol. The number of thiazole rings is 1. The number of carbonyl (C=O) groups is 1. The van der Waals surface area contributed by atoms with Gasteiger partial charge >= 0.3 is 0 Å². The molecule has 0 atom stereocenters. The molecular formula is C16H14N4OS. The van der Waals surface area contributed by atoms with Gasteiger partial charge in [0.1, 0.15) is 15.7 Å². The maximum absolute atomic E-state index is 12.4. The highest BCUT2D eigenvalue weighted by atomic mass is 32.1. The summed E-state index contributed by atoms with van der Waals surface area (Å²) in [6.45, 7) is 3.72. The number of nitrogens with zero attached hydrogens (tertiary/aromatic N) is 3.